The maximum absolute atomic E-state index is 12.8. The van der Waals surface area contributed by atoms with Crippen LogP contribution in [0.1, 0.15) is 69.2 Å². The number of hydrogen-bond donors (Lipinski definition) is 1. The second kappa shape index (κ2) is 13.4. The number of likely N-dealkylation sites (tertiary alicyclic amines) is 1. The van der Waals surface area contributed by atoms with Crippen molar-refractivity contribution in [3.05, 3.63) is 53.2 Å². The Morgan fingerprint density at radius 2 is 2.08 bits per heavy atom. The number of rotatable bonds is 12. The van der Waals surface area contributed by atoms with E-state index in [9.17, 15) is 4.79 Å². The van der Waals surface area contributed by atoms with Crippen LogP contribution in [0.4, 0.5) is 5.82 Å². The molecule has 0 aliphatic carbocycles. The first-order chi connectivity index (χ1) is 18.3. The lowest BCUT2D eigenvalue weighted by Gasteiger charge is -2.26. The van der Waals surface area contributed by atoms with E-state index >= 15 is 0 Å². The maximum atomic E-state index is 12.8. The van der Waals surface area contributed by atoms with Crippen LogP contribution in [-0.2, 0) is 27.1 Å². The Hall–Kier alpha value is -2.64. The number of anilines is 1. The molecule has 38 heavy (non-hydrogen) atoms. The van der Waals surface area contributed by atoms with Crippen LogP contribution < -0.4 is 10.1 Å². The summed E-state index contributed by atoms with van der Waals surface area (Å²) in [4.78, 5) is 20.2. The first-order valence-electron chi connectivity index (χ1n) is 14.2. The molecule has 2 atom stereocenters. The Bertz CT molecular complexity index is 1050. The minimum absolute atomic E-state index is 0.0444. The molecular formula is C31H45N3O4. The zero-order valence-corrected chi connectivity index (χ0v) is 23.6. The van der Waals surface area contributed by atoms with Crippen molar-refractivity contribution in [2.45, 2.75) is 70.8 Å². The Balaban J connectivity index is 1.36. The zero-order chi connectivity index (χ0) is 27.0. The number of nitrogens with one attached hydrogen (secondary N) is 1. The van der Waals surface area contributed by atoms with E-state index in [1.165, 1.54) is 24.1 Å². The van der Waals surface area contributed by atoms with E-state index in [1.54, 1.807) is 7.11 Å². The fourth-order valence-electron chi connectivity index (χ4n) is 5.46. The van der Waals surface area contributed by atoms with Crippen LogP contribution in [-0.4, -0.2) is 68.0 Å². The molecule has 2 aliphatic heterocycles. The molecule has 0 amide bonds. The topological polar surface area (TPSA) is 72.9 Å². The van der Waals surface area contributed by atoms with Gasteiger partial charge in [0.1, 0.15) is 23.8 Å². The van der Waals surface area contributed by atoms with Gasteiger partial charge in [-0.3, -0.25) is 4.79 Å². The van der Waals surface area contributed by atoms with Crippen LogP contribution in [0, 0.1) is 5.92 Å². The fraction of sp³-hybridized carbons (Fsp3) is 0.613. The Labute approximate surface area is 228 Å². The number of esters is 1. The number of ether oxygens (including phenoxy) is 3. The molecule has 7 nitrogen and oxygen atoms in total. The molecule has 0 saturated carbocycles. The van der Waals surface area contributed by atoms with Crippen molar-refractivity contribution in [1.29, 1.82) is 0 Å². The monoisotopic (exact) mass is 523 g/mol. The summed E-state index contributed by atoms with van der Waals surface area (Å²) in [5, 5.41) is 3.45. The highest BCUT2D eigenvalue weighted by atomic mass is 16.6. The Morgan fingerprint density at radius 1 is 1.21 bits per heavy atom. The fourth-order valence-corrected chi connectivity index (χ4v) is 5.46. The molecule has 2 aliphatic rings. The van der Waals surface area contributed by atoms with E-state index in [1.807, 2.05) is 32.9 Å². The van der Waals surface area contributed by atoms with E-state index in [4.69, 9.17) is 19.2 Å². The molecule has 1 aromatic heterocycles. The number of fused-ring (bicyclic) bond motifs is 1. The molecule has 1 saturated heterocycles. The van der Waals surface area contributed by atoms with Crippen molar-refractivity contribution in [2.24, 2.45) is 5.92 Å². The normalized spacial score (nSPS) is 18.5. The minimum atomic E-state index is -0.494. The van der Waals surface area contributed by atoms with Crippen molar-refractivity contribution < 1.29 is 19.0 Å². The number of aryl methyl sites for hydroxylation is 2. The second-order valence-corrected chi connectivity index (χ2v) is 11.7. The summed E-state index contributed by atoms with van der Waals surface area (Å²) < 4.78 is 16.7. The Kier molecular flexibility index (Phi) is 10.0. The van der Waals surface area contributed by atoms with Gasteiger partial charge in [-0.2, -0.15) is 0 Å². The standard InChI is InChI=1S/C31H45N3O4/c1-31(2,3)38-29(35)20-26(25-7-5-9-28(19-25)37-18-17-36-4)22-34-16-14-23(21-34)10-12-27-13-11-24-8-6-15-32-30(24)33-27/h5,7,9,11,13,19,23,26H,6,8,10,12,14-18,20-22H2,1-4H3,(H,32,33)/t23-,26?/m1/s1. The van der Waals surface area contributed by atoms with Crippen molar-refractivity contribution >= 4 is 11.8 Å². The highest BCUT2D eigenvalue weighted by Gasteiger charge is 2.28. The number of methoxy groups -OCH3 is 1. The van der Waals surface area contributed by atoms with Gasteiger partial charge < -0.3 is 24.4 Å². The van der Waals surface area contributed by atoms with Gasteiger partial charge in [0.15, 0.2) is 0 Å². The number of hydrogen-bond acceptors (Lipinski definition) is 7. The van der Waals surface area contributed by atoms with Gasteiger partial charge in [-0.15, -0.1) is 0 Å². The molecule has 1 fully saturated rings. The predicted octanol–water partition coefficient (Wildman–Crippen LogP) is 5.24. The van der Waals surface area contributed by atoms with Crippen molar-refractivity contribution in [3.63, 3.8) is 0 Å². The molecule has 208 valence electrons. The predicted molar refractivity (Wildman–Crippen MR) is 151 cm³/mol. The van der Waals surface area contributed by atoms with E-state index < -0.39 is 5.60 Å². The summed E-state index contributed by atoms with van der Waals surface area (Å²) in [6, 6.07) is 12.6. The van der Waals surface area contributed by atoms with Gasteiger partial charge in [0, 0.05) is 38.4 Å². The first-order valence-corrected chi connectivity index (χ1v) is 14.2. The minimum Gasteiger partial charge on any atom is -0.491 e. The number of pyridine rings is 1. The van der Waals surface area contributed by atoms with Crippen LogP contribution in [0.5, 0.6) is 5.75 Å². The van der Waals surface area contributed by atoms with Crippen LogP contribution >= 0.6 is 0 Å². The van der Waals surface area contributed by atoms with Crippen LogP contribution in [0.3, 0.4) is 0 Å². The number of nitrogens with zero attached hydrogens (tertiary/aromatic N) is 2. The van der Waals surface area contributed by atoms with Gasteiger partial charge in [-0.1, -0.05) is 18.2 Å². The highest BCUT2D eigenvalue weighted by Crippen LogP contribution is 2.30. The number of carbonyl (C=O) groups excluding carboxylic acids is 1. The second-order valence-electron chi connectivity index (χ2n) is 11.7. The molecule has 1 aromatic carbocycles. The average molecular weight is 524 g/mol. The number of carbonyl (C=O) groups is 1. The van der Waals surface area contributed by atoms with Gasteiger partial charge in [-0.25, -0.2) is 4.98 Å². The van der Waals surface area contributed by atoms with E-state index in [-0.39, 0.29) is 11.9 Å². The molecule has 2 aromatic rings. The summed E-state index contributed by atoms with van der Waals surface area (Å²) in [5.41, 5.74) is 3.15. The summed E-state index contributed by atoms with van der Waals surface area (Å²) in [6.45, 7) is 10.8. The van der Waals surface area contributed by atoms with E-state index in [0.29, 0.717) is 25.6 Å². The summed E-state index contributed by atoms with van der Waals surface area (Å²) in [7, 11) is 1.67. The maximum Gasteiger partial charge on any atom is 0.306 e. The lowest BCUT2D eigenvalue weighted by atomic mass is 9.94. The van der Waals surface area contributed by atoms with E-state index in [2.05, 4.69) is 34.5 Å². The van der Waals surface area contributed by atoms with Crippen LogP contribution in [0.15, 0.2) is 36.4 Å². The van der Waals surface area contributed by atoms with Crippen LogP contribution in [0.2, 0.25) is 0 Å². The van der Waals surface area contributed by atoms with Gasteiger partial charge in [0.25, 0.3) is 0 Å². The molecule has 0 bridgehead atoms. The molecule has 1 unspecified atom stereocenters. The van der Waals surface area contributed by atoms with Crippen molar-refractivity contribution in [3.8, 4) is 5.75 Å². The molecule has 4 rings (SSSR count). The third-order valence-corrected chi connectivity index (χ3v) is 7.33. The van der Waals surface area contributed by atoms with Crippen molar-refractivity contribution in [1.82, 2.24) is 9.88 Å². The van der Waals surface area contributed by atoms with E-state index in [0.717, 1.165) is 62.6 Å². The van der Waals surface area contributed by atoms with Gasteiger partial charge >= 0.3 is 5.97 Å². The third-order valence-electron chi connectivity index (χ3n) is 7.33. The Morgan fingerprint density at radius 3 is 2.89 bits per heavy atom. The highest BCUT2D eigenvalue weighted by molar-refractivity contribution is 5.71. The van der Waals surface area contributed by atoms with Crippen LogP contribution in [0.25, 0.3) is 0 Å². The quantitative estimate of drug-likeness (QED) is 0.301. The molecule has 0 radical (unpaired) electrons. The summed E-state index contributed by atoms with van der Waals surface area (Å²) in [6.07, 6.45) is 6.00. The number of benzene rings is 1. The molecule has 1 N–H and O–H groups in total. The summed E-state index contributed by atoms with van der Waals surface area (Å²) >= 11 is 0. The molecular weight excluding hydrogens is 478 g/mol. The largest absolute Gasteiger partial charge is 0.491 e. The molecule has 3 heterocycles. The smallest absolute Gasteiger partial charge is 0.306 e. The van der Waals surface area contributed by atoms with Gasteiger partial charge in [0.05, 0.1) is 13.0 Å². The molecule has 0 spiro atoms. The third kappa shape index (κ3) is 8.70. The average Bonchev–Trinajstić information content (AvgIpc) is 3.33. The molecule has 7 heteroatoms. The lowest BCUT2D eigenvalue weighted by Crippen LogP contribution is -2.30. The van der Waals surface area contributed by atoms with Crippen molar-refractivity contribution in [2.75, 3.05) is 51.8 Å². The van der Waals surface area contributed by atoms with Gasteiger partial charge in [0.2, 0.25) is 0 Å². The lowest BCUT2D eigenvalue weighted by molar-refractivity contribution is -0.155. The SMILES string of the molecule is COCCOc1cccc(C(CC(=O)OC(C)(C)C)CN2CC[C@@H](CCc3ccc4c(n3)NCCC4)C2)c1. The van der Waals surface area contributed by atoms with Gasteiger partial charge in [-0.05, 0) is 94.7 Å². The zero-order valence-electron chi connectivity index (χ0n) is 23.6. The summed E-state index contributed by atoms with van der Waals surface area (Å²) in [5.74, 6) is 2.42. The first kappa shape index (κ1) is 28.4. The number of aromatic nitrogens is 1.